The van der Waals surface area contributed by atoms with Gasteiger partial charge in [0.05, 0.1) is 6.04 Å². The number of hydrogen-bond acceptors (Lipinski definition) is 3. The summed E-state index contributed by atoms with van der Waals surface area (Å²) in [6.07, 6.45) is -4.94. The van der Waals surface area contributed by atoms with Crippen LogP contribution >= 0.6 is 12.2 Å². The average molecular weight is 253 g/mol. The van der Waals surface area contributed by atoms with Crippen molar-refractivity contribution in [3.63, 3.8) is 0 Å². The van der Waals surface area contributed by atoms with Crippen LogP contribution in [0.4, 0.5) is 17.6 Å². The second-order valence-electron chi connectivity index (χ2n) is 2.90. The van der Waals surface area contributed by atoms with Crippen molar-refractivity contribution in [2.75, 3.05) is 0 Å². The van der Waals surface area contributed by atoms with E-state index in [0.29, 0.717) is 0 Å². The third-order valence-corrected chi connectivity index (χ3v) is 2.01. The van der Waals surface area contributed by atoms with Crippen molar-refractivity contribution in [2.24, 2.45) is 5.73 Å². The van der Waals surface area contributed by atoms with E-state index in [9.17, 15) is 17.6 Å². The summed E-state index contributed by atoms with van der Waals surface area (Å²) in [7, 11) is 0. The van der Waals surface area contributed by atoms with Crippen LogP contribution in [0.3, 0.4) is 0 Å². The summed E-state index contributed by atoms with van der Waals surface area (Å²) in [6.45, 7) is 0. The average Bonchev–Trinajstić information content (AvgIpc) is 2.18. The van der Waals surface area contributed by atoms with Crippen molar-refractivity contribution >= 4 is 17.6 Å². The van der Waals surface area contributed by atoms with E-state index in [2.05, 4.69) is 17.0 Å². The first-order valence-electron chi connectivity index (χ1n) is 4.09. The molecule has 0 aliphatic heterocycles. The fourth-order valence-electron chi connectivity index (χ4n) is 1.01. The van der Waals surface area contributed by atoms with Crippen LogP contribution in [0.5, 0.6) is 5.75 Å². The summed E-state index contributed by atoms with van der Waals surface area (Å²) in [5, 5.41) is 1.16. The van der Waals surface area contributed by atoms with Crippen molar-refractivity contribution in [1.82, 2.24) is 0 Å². The second kappa shape index (κ2) is 4.75. The first-order valence-corrected chi connectivity index (χ1v) is 4.56. The molecule has 1 atom stereocenters. The molecule has 7 heteroatoms. The standard InChI is InChI=1S/C9H7F4NOS/c10-6-2-1-5(7(14)4-16)3-8(6)15-9(11,12)13/h1-4,7H,14H2. The monoisotopic (exact) mass is 253 g/mol. The van der Waals surface area contributed by atoms with E-state index in [-0.39, 0.29) is 5.56 Å². The SMILES string of the molecule is NC(C=S)c1ccc(F)c(OC(F)(F)F)c1. The molecule has 0 heterocycles. The summed E-state index contributed by atoms with van der Waals surface area (Å²) in [5.41, 5.74) is 5.70. The van der Waals surface area contributed by atoms with E-state index >= 15 is 0 Å². The largest absolute Gasteiger partial charge is 0.573 e. The molecule has 1 rings (SSSR count). The first kappa shape index (κ1) is 12.9. The lowest BCUT2D eigenvalue weighted by molar-refractivity contribution is -0.275. The van der Waals surface area contributed by atoms with Crippen LogP contribution in [-0.2, 0) is 0 Å². The maximum absolute atomic E-state index is 13.0. The Bertz CT molecular complexity index is 394. The molecule has 88 valence electrons. The molecule has 0 aliphatic carbocycles. The highest BCUT2D eigenvalue weighted by atomic mass is 32.1. The number of benzene rings is 1. The number of alkyl halides is 3. The fourth-order valence-corrected chi connectivity index (χ4v) is 1.17. The number of nitrogens with two attached hydrogens (primary N) is 1. The van der Waals surface area contributed by atoms with E-state index in [1.54, 1.807) is 0 Å². The Morgan fingerprint density at radius 3 is 2.50 bits per heavy atom. The zero-order valence-corrected chi connectivity index (χ0v) is 8.61. The zero-order chi connectivity index (χ0) is 12.3. The van der Waals surface area contributed by atoms with Crippen molar-refractivity contribution in [3.8, 4) is 5.75 Å². The quantitative estimate of drug-likeness (QED) is 0.664. The molecule has 0 radical (unpaired) electrons. The van der Waals surface area contributed by atoms with Crippen LogP contribution in [-0.4, -0.2) is 11.7 Å². The van der Waals surface area contributed by atoms with E-state index < -0.39 is 24.0 Å². The third kappa shape index (κ3) is 3.42. The molecule has 0 spiro atoms. The normalized spacial score (nSPS) is 13.3. The van der Waals surface area contributed by atoms with Crippen LogP contribution in [0, 0.1) is 5.82 Å². The van der Waals surface area contributed by atoms with Crippen molar-refractivity contribution in [2.45, 2.75) is 12.4 Å². The number of halogens is 4. The molecule has 2 nitrogen and oxygen atoms in total. The minimum atomic E-state index is -4.94. The summed E-state index contributed by atoms with van der Waals surface area (Å²) in [4.78, 5) is 0. The van der Waals surface area contributed by atoms with Gasteiger partial charge >= 0.3 is 6.36 Å². The highest BCUT2D eigenvalue weighted by molar-refractivity contribution is 7.79. The van der Waals surface area contributed by atoms with Gasteiger partial charge in [-0.1, -0.05) is 18.3 Å². The summed E-state index contributed by atoms with van der Waals surface area (Å²) < 4.78 is 52.1. The Morgan fingerprint density at radius 1 is 1.38 bits per heavy atom. The van der Waals surface area contributed by atoms with Gasteiger partial charge in [0.1, 0.15) is 0 Å². The molecule has 1 aromatic rings. The zero-order valence-electron chi connectivity index (χ0n) is 7.79. The lowest BCUT2D eigenvalue weighted by Crippen LogP contribution is -2.18. The van der Waals surface area contributed by atoms with Crippen molar-refractivity contribution in [3.05, 3.63) is 29.6 Å². The summed E-state index contributed by atoms with van der Waals surface area (Å²) >= 11 is 4.54. The van der Waals surface area contributed by atoms with Gasteiger partial charge in [-0.25, -0.2) is 4.39 Å². The Labute approximate surface area is 94.0 Å². The smallest absolute Gasteiger partial charge is 0.403 e. The molecular formula is C9H7F4NOS. The van der Waals surface area contributed by atoms with Crippen LogP contribution in [0.2, 0.25) is 0 Å². The van der Waals surface area contributed by atoms with Gasteiger partial charge in [-0.15, -0.1) is 13.2 Å². The summed E-state index contributed by atoms with van der Waals surface area (Å²) in [6, 6.07) is 2.21. The molecule has 1 unspecified atom stereocenters. The van der Waals surface area contributed by atoms with Gasteiger partial charge < -0.3 is 10.5 Å². The molecule has 0 aromatic heterocycles. The van der Waals surface area contributed by atoms with Gasteiger partial charge in [-0.05, 0) is 17.7 Å². The maximum Gasteiger partial charge on any atom is 0.573 e. The van der Waals surface area contributed by atoms with Gasteiger partial charge in [0, 0.05) is 5.37 Å². The molecule has 1 aromatic carbocycles. The molecule has 16 heavy (non-hydrogen) atoms. The molecule has 0 fully saturated rings. The molecule has 0 saturated heterocycles. The lowest BCUT2D eigenvalue weighted by Gasteiger charge is -2.12. The van der Waals surface area contributed by atoms with Gasteiger partial charge in [-0.2, -0.15) is 0 Å². The predicted octanol–water partition coefficient (Wildman–Crippen LogP) is 2.72. The molecule has 0 saturated carbocycles. The summed E-state index contributed by atoms with van der Waals surface area (Å²) in [5.74, 6) is -2.03. The Kier molecular flexibility index (Phi) is 3.82. The van der Waals surface area contributed by atoms with E-state index in [4.69, 9.17) is 5.73 Å². The van der Waals surface area contributed by atoms with Crippen LogP contribution in [0.25, 0.3) is 0 Å². The van der Waals surface area contributed by atoms with Crippen molar-refractivity contribution < 1.29 is 22.3 Å². The van der Waals surface area contributed by atoms with E-state index in [1.807, 2.05) is 0 Å². The van der Waals surface area contributed by atoms with Crippen molar-refractivity contribution in [1.29, 1.82) is 0 Å². The van der Waals surface area contributed by atoms with Crippen LogP contribution < -0.4 is 10.5 Å². The maximum atomic E-state index is 13.0. The minimum Gasteiger partial charge on any atom is -0.403 e. The highest BCUT2D eigenvalue weighted by Gasteiger charge is 2.32. The number of hydrogen-bond donors (Lipinski definition) is 1. The van der Waals surface area contributed by atoms with Crippen LogP contribution in [0.15, 0.2) is 18.2 Å². The molecule has 0 bridgehead atoms. The van der Waals surface area contributed by atoms with E-state index in [0.717, 1.165) is 17.5 Å². The van der Waals surface area contributed by atoms with Gasteiger partial charge in [0.25, 0.3) is 0 Å². The molecule has 0 aliphatic rings. The topological polar surface area (TPSA) is 35.2 Å². The Morgan fingerprint density at radius 2 is 2.00 bits per heavy atom. The second-order valence-corrected chi connectivity index (χ2v) is 3.17. The fraction of sp³-hybridized carbons (Fsp3) is 0.222. The number of ether oxygens (including phenoxy) is 1. The first-order chi connectivity index (χ1) is 7.33. The number of rotatable bonds is 3. The molecule has 0 amide bonds. The van der Waals surface area contributed by atoms with Gasteiger partial charge in [0.15, 0.2) is 11.6 Å². The van der Waals surface area contributed by atoms with Crippen LogP contribution in [0.1, 0.15) is 11.6 Å². The minimum absolute atomic E-state index is 0.246. The van der Waals surface area contributed by atoms with E-state index in [1.165, 1.54) is 6.07 Å². The van der Waals surface area contributed by atoms with Gasteiger partial charge in [0.2, 0.25) is 0 Å². The third-order valence-electron chi connectivity index (χ3n) is 1.71. The highest BCUT2D eigenvalue weighted by Crippen LogP contribution is 2.27. The molecule has 2 N–H and O–H groups in total. The Balaban J connectivity index is 3.04. The predicted molar refractivity (Wildman–Crippen MR) is 53.7 cm³/mol. The lowest BCUT2D eigenvalue weighted by atomic mass is 10.1. The Hall–Kier alpha value is -1.21. The number of thiocarbonyl (C=S) groups is 1. The molecular weight excluding hydrogens is 246 g/mol. The van der Waals surface area contributed by atoms with Gasteiger partial charge in [-0.3, -0.25) is 0 Å².